The Morgan fingerprint density at radius 2 is 2.00 bits per heavy atom. The molecule has 2 unspecified atom stereocenters. The van der Waals surface area contributed by atoms with Crippen LogP contribution in [0.3, 0.4) is 0 Å². The maximum atomic E-state index is 13.6. The number of amides is 1. The number of alkyl halides is 3. The minimum atomic E-state index is -4.85. The summed E-state index contributed by atoms with van der Waals surface area (Å²) in [6.07, 6.45) is -3.10. The maximum Gasteiger partial charge on any atom is 0.419 e. The Balaban J connectivity index is 2.23. The number of carbonyl (C=O) groups is 1. The molecule has 2 atom stereocenters. The zero-order valence-electron chi connectivity index (χ0n) is 18.0. The van der Waals surface area contributed by atoms with Crippen LogP contribution in [0.5, 0.6) is 0 Å². The van der Waals surface area contributed by atoms with Crippen LogP contribution in [0.1, 0.15) is 44.7 Å². The number of halogens is 4. The third kappa shape index (κ3) is 7.26. The van der Waals surface area contributed by atoms with Crippen molar-refractivity contribution in [3.63, 3.8) is 0 Å². The fourth-order valence-electron chi connectivity index (χ4n) is 3.11. The van der Waals surface area contributed by atoms with E-state index < -0.39 is 40.3 Å². The van der Waals surface area contributed by atoms with Crippen molar-refractivity contribution in [3.05, 3.63) is 47.4 Å². The van der Waals surface area contributed by atoms with Crippen LogP contribution in [0.4, 0.5) is 17.6 Å². The lowest BCUT2D eigenvalue weighted by Crippen LogP contribution is -2.45. The van der Waals surface area contributed by atoms with E-state index in [1.54, 1.807) is 20.8 Å². The number of allylic oxidation sites excluding steroid dienone is 1. The van der Waals surface area contributed by atoms with Gasteiger partial charge in [0.05, 0.1) is 18.0 Å². The Bertz CT molecular complexity index is 879. The molecule has 1 saturated carbocycles. The number of benzene rings is 1. The molecule has 0 radical (unpaired) electrons. The van der Waals surface area contributed by atoms with E-state index in [2.05, 4.69) is 11.6 Å². The lowest BCUT2D eigenvalue weighted by Gasteiger charge is -2.29. The highest BCUT2D eigenvalue weighted by Gasteiger charge is 2.34. The first-order valence-electron chi connectivity index (χ1n) is 10.2. The maximum absolute atomic E-state index is 13.6. The van der Waals surface area contributed by atoms with Crippen molar-refractivity contribution in [2.75, 3.05) is 18.1 Å². The Morgan fingerprint density at radius 3 is 2.55 bits per heavy atom. The quantitative estimate of drug-likeness (QED) is 0.374. The van der Waals surface area contributed by atoms with E-state index in [1.165, 1.54) is 11.0 Å². The predicted molar refractivity (Wildman–Crippen MR) is 115 cm³/mol. The van der Waals surface area contributed by atoms with Gasteiger partial charge >= 0.3 is 6.18 Å². The first-order chi connectivity index (χ1) is 14.4. The molecule has 0 heterocycles. The fourth-order valence-corrected chi connectivity index (χ4v) is 3.80. The summed E-state index contributed by atoms with van der Waals surface area (Å²) in [7, 11) is -1.12. The highest BCUT2D eigenvalue weighted by Crippen LogP contribution is 2.36. The molecule has 1 fully saturated rings. The van der Waals surface area contributed by atoms with Gasteiger partial charge in [0.15, 0.2) is 0 Å². The van der Waals surface area contributed by atoms with E-state index in [-0.39, 0.29) is 24.3 Å². The molecule has 0 spiro atoms. The van der Waals surface area contributed by atoms with Gasteiger partial charge in [0.2, 0.25) is 5.91 Å². The second-order valence-corrected chi connectivity index (χ2v) is 9.57. The van der Waals surface area contributed by atoms with Gasteiger partial charge in [0.1, 0.15) is 5.82 Å². The summed E-state index contributed by atoms with van der Waals surface area (Å²) in [5, 5.41) is 0. The van der Waals surface area contributed by atoms with Crippen LogP contribution in [-0.4, -0.2) is 44.8 Å². The summed E-state index contributed by atoms with van der Waals surface area (Å²) in [5.74, 6) is -0.769. The highest BCUT2D eigenvalue weighted by molar-refractivity contribution is 7.84. The van der Waals surface area contributed by atoms with Gasteiger partial charge in [0, 0.05) is 46.2 Å². The first-order valence-corrected chi connectivity index (χ1v) is 11.7. The molecule has 2 rings (SSSR count). The average Bonchev–Trinajstić information content (AvgIpc) is 3.53. The van der Waals surface area contributed by atoms with Crippen molar-refractivity contribution in [1.82, 2.24) is 4.90 Å². The molecule has 0 N–H and O–H groups in total. The molecule has 1 aromatic carbocycles. The molecule has 172 valence electrons. The van der Waals surface area contributed by atoms with E-state index in [9.17, 15) is 26.6 Å². The lowest BCUT2D eigenvalue weighted by molar-refractivity contribution is -0.140. The van der Waals surface area contributed by atoms with E-state index in [0.717, 1.165) is 24.6 Å². The van der Waals surface area contributed by atoms with Gasteiger partial charge in [-0.3, -0.25) is 14.0 Å². The summed E-state index contributed by atoms with van der Waals surface area (Å²) >= 11 is 0. The lowest BCUT2D eigenvalue weighted by atomic mass is 10.1. The standard InChI is InChI=1S/C22H28F4N2O2S/c1-5-31(30)11-10-28(16(4)14(2)27-15(3)18-7-8-18)21(29)13-17-6-9-20(23)19(12-17)22(24,25)26/h6,9,12,16,18H,3,5,7-8,10-11,13H2,1-2,4H3. The van der Waals surface area contributed by atoms with Gasteiger partial charge in [-0.1, -0.05) is 19.6 Å². The van der Waals surface area contributed by atoms with E-state index >= 15 is 0 Å². The van der Waals surface area contributed by atoms with E-state index in [1.807, 2.05) is 0 Å². The van der Waals surface area contributed by atoms with E-state index in [0.29, 0.717) is 23.4 Å². The van der Waals surface area contributed by atoms with Gasteiger partial charge in [-0.25, -0.2) is 4.39 Å². The molecule has 0 aromatic heterocycles. The molecular formula is C22H28F4N2O2S. The molecule has 1 aliphatic rings. The number of rotatable bonds is 10. The van der Waals surface area contributed by atoms with Crippen LogP contribution in [0, 0.1) is 11.7 Å². The molecule has 9 heteroatoms. The minimum Gasteiger partial charge on any atom is -0.334 e. The fraction of sp³-hybridized carbons (Fsp3) is 0.545. The molecule has 1 aliphatic carbocycles. The molecular weight excluding hydrogens is 432 g/mol. The van der Waals surface area contributed by atoms with Gasteiger partial charge in [-0.05, 0) is 44.4 Å². The van der Waals surface area contributed by atoms with Crippen molar-refractivity contribution in [2.45, 2.75) is 52.3 Å². The summed E-state index contributed by atoms with van der Waals surface area (Å²) in [4.78, 5) is 19.0. The number of hydrogen-bond donors (Lipinski definition) is 0. The van der Waals surface area contributed by atoms with Crippen molar-refractivity contribution in [3.8, 4) is 0 Å². The number of hydrogen-bond acceptors (Lipinski definition) is 3. The Kier molecular flexibility index (Phi) is 8.57. The van der Waals surface area contributed by atoms with Crippen molar-refractivity contribution in [2.24, 2.45) is 10.9 Å². The van der Waals surface area contributed by atoms with Crippen molar-refractivity contribution >= 4 is 22.4 Å². The van der Waals surface area contributed by atoms with Crippen LogP contribution in [0.25, 0.3) is 0 Å². The van der Waals surface area contributed by atoms with Gasteiger partial charge in [-0.15, -0.1) is 0 Å². The largest absolute Gasteiger partial charge is 0.419 e. The van der Waals surface area contributed by atoms with Crippen molar-refractivity contribution < 1.29 is 26.6 Å². The normalized spacial score (nSPS) is 16.7. The van der Waals surface area contributed by atoms with Crippen LogP contribution in [-0.2, 0) is 28.2 Å². The second-order valence-electron chi connectivity index (χ2n) is 7.70. The summed E-state index contributed by atoms with van der Waals surface area (Å²) in [6, 6.07) is 2.11. The zero-order chi connectivity index (χ0) is 23.3. The van der Waals surface area contributed by atoms with Gasteiger partial charge in [-0.2, -0.15) is 13.2 Å². The van der Waals surface area contributed by atoms with Crippen LogP contribution >= 0.6 is 0 Å². The molecule has 1 amide bonds. The SMILES string of the molecule is C=C(N=C(C)C(C)N(CCS(=O)CC)C(=O)Cc1ccc(F)c(C(F)(F)F)c1)C1CC1. The number of aliphatic imine (C=N–C) groups is 1. The van der Waals surface area contributed by atoms with Gasteiger partial charge in [0.25, 0.3) is 0 Å². The van der Waals surface area contributed by atoms with E-state index in [4.69, 9.17) is 0 Å². The Hall–Kier alpha value is -2.03. The summed E-state index contributed by atoms with van der Waals surface area (Å²) < 4.78 is 64.5. The van der Waals surface area contributed by atoms with Gasteiger partial charge < -0.3 is 4.90 Å². The molecule has 4 nitrogen and oxygen atoms in total. The molecule has 0 aliphatic heterocycles. The third-order valence-electron chi connectivity index (χ3n) is 5.33. The van der Waals surface area contributed by atoms with Crippen LogP contribution < -0.4 is 0 Å². The zero-order valence-corrected chi connectivity index (χ0v) is 18.8. The monoisotopic (exact) mass is 460 g/mol. The van der Waals surface area contributed by atoms with Crippen LogP contribution in [0.15, 0.2) is 35.5 Å². The molecule has 1 aromatic rings. The smallest absolute Gasteiger partial charge is 0.334 e. The Labute approximate surface area is 182 Å². The Morgan fingerprint density at radius 1 is 1.35 bits per heavy atom. The topological polar surface area (TPSA) is 49.7 Å². The summed E-state index contributed by atoms with van der Waals surface area (Å²) in [5.41, 5.74) is 0.0670. The van der Waals surface area contributed by atoms with Crippen molar-refractivity contribution in [1.29, 1.82) is 0 Å². The number of carbonyl (C=O) groups excluding carboxylic acids is 1. The highest BCUT2D eigenvalue weighted by atomic mass is 32.2. The summed E-state index contributed by atoms with van der Waals surface area (Å²) in [6.45, 7) is 9.46. The molecule has 0 bridgehead atoms. The molecule has 0 saturated heterocycles. The predicted octanol–water partition coefficient (Wildman–Crippen LogP) is 4.76. The minimum absolute atomic E-state index is 0.0597. The second kappa shape index (κ2) is 10.5. The third-order valence-corrected chi connectivity index (χ3v) is 6.62. The van der Waals surface area contributed by atoms with Crippen LogP contribution in [0.2, 0.25) is 0 Å². The molecule has 31 heavy (non-hydrogen) atoms. The number of nitrogens with zero attached hydrogens (tertiary/aromatic N) is 2. The first kappa shape index (κ1) is 25.2. The average molecular weight is 461 g/mol.